The minimum absolute atomic E-state index is 0.0214. The summed E-state index contributed by atoms with van der Waals surface area (Å²) in [5, 5.41) is 9.28. The van der Waals surface area contributed by atoms with Crippen LogP contribution in [0.4, 0.5) is 0 Å². The van der Waals surface area contributed by atoms with Gasteiger partial charge in [0.1, 0.15) is 6.10 Å². The second kappa shape index (κ2) is 8.83. The van der Waals surface area contributed by atoms with E-state index in [1.54, 1.807) is 0 Å². The number of carbonyl (C=O) groups excluding carboxylic acids is 2. The van der Waals surface area contributed by atoms with E-state index < -0.39 is 5.97 Å². The molecule has 32 heavy (non-hydrogen) atoms. The first-order valence-electron chi connectivity index (χ1n) is 12.3. The van der Waals surface area contributed by atoms with Gasteiger partial charge in [0.05, 0.1) is 6.61 Å². The molecule has 0 amide bonds. The molecule has 0 radical (unpaired) electrons. The molecule has 0 aliphatic heterocycles. The van der Waals surface area contributed by atoms with Crippen LogP contribution in [0.5, 0.6) is 0 Å². The molecule has 4 fully saturated rings. The van der Waals surface area contributed by atoms with Crippen molar-refractivity contribution in [1.29, 1.82) is 0 Å². The molecule has 6 heteroatoms. The van der Waals surface area contributed by atoms with E-state index in [0.717, 1.165) is 56.9 Å². The molecule has 0 heterocycles. The lowest BCUT2D eigenvalue weighted by molar-refractivity contribution is -0.176. The van der Waals surface area contributed by atoms with Crippen LogP contribution in [0.25, 0.3) is 0 Å². The fourth-order valence-electron chi connectivity index (χ4n) is 8.87. The highest BCUT2D eigenvalue weighted by atomic mass is 16.5. The molecule has 1 N–H and O–H groups in total. The van der Waals surface area contributed by atoms with E-state index in [1.165, 1.54) is 19.4 Å². The molecule has 4 aliphatic carbocycles. The fraction of sp³-hybridized carbons (Fsp3) is 0.808. The summed E-state index contributed by atoms with van der Waals surface area (Å²) < 4.78 is 11.1. The number of carboxylic acids is 1. The van der Waals surface area contributed by atoms with Crippen LogP contribution in [-0.4, -0.2) is 36.2 Å². The second-order valence-corrected chi connectivity index (χ2v) is 11.2. The van der Waals surface area contributed by atoms with E-state index in [9.17, 15) is 19.5 Å². The molecule has 4 rings (SSSR count). The van der Waals surface area contributed by atoms with Crippen molar-refractivity contribution in [2.45, 2.75) is 84.7 Å². The first-order valence-corrected chi connectivity index (χ1v) is 12.3. The lowest BCUT2D eigenvalue weighted by Crippen LogP contribution is -2.57. The molecule has 0 unspecified atom stereocenters. The standard InChI is InChI=1S/C26H38O6/c1-16(12-24(29)30)21-6-7-22-20-5-4-18-13-19(32-17(2)28)8-11-26(18,14-31-15-27)23(20)9-10-25(21,22)3/h12,15,18-23H,4-11,13-14H2,1-3H3,(H,29,30)/t18-,19-,20-,21+,22-,23-,25+,26+/m0/s1. The average Bonchev–Trinajstić information content (AvgIpc) is 3.08. The maximum atomic E-state index is 11.5. The highest BCUT2D eigenvalue weighted by Crippen LogP contribution is 2.68. The Morgan fingerprint density at radius 2 is 1.81 bits per heavy atom. The molecule has 0 aromatic heterocycles. The van der Waals surface area contributed by atoms with Crippen molar-refractivity contribution in [3.63, 3.8) is 0 Å². The van der Waals surface area contributed by atoms with Crippen LogP contribution in [0.1, 0.15) is 78.6 Å². The topological polar surface area (TPSA) is 89.9 Å². The molecule has 0 aromatic carbocycles. The van der Waals surface area contributed by atoms with Gasteiger partial charge in [-0.25, -0.2) is 4.79 Å². The molecule has 0 aromatic rings. The van der Waals surface area contributed by atoms with Gasteiger partial charge in [0, 0.05) is 18.4 Å². The maximum absolute atomic E-state index is 11.5. The van der Waals surface area contributed by atoms with Gasteiger partial charge in [0.25, 0.3) is 6.47 Å². The maximum Gasteiger partial charge on any atom is 0.328 e. The largest absolute Gasteiger partial charge is 0.478 e. The Kier molecular flexibility index (Phi) is 6.43. The Balaban J connectivity index is 1.59. The molecule has 6 nitrogen and oxygen atoms in total. The lowest BCUT2D eigenvalue weighted by atomic mass is 9.44. The number of hydrogen-bond donors (Lipinski definition) is 1. The summed E-state index contributed by atoms with van der Waals surface area (Å²) in [6, 6.07) is 0. The van der Waals surface area contributed by atoms with Crippen LogP contribution in [0.3, 0.4) is 0 Å². The normalized spacial score (nSPS) is 43.4. The quantitative estimate of drug-likeness (QED) is 0.359. The SMILES string of the molecule is CC(=O)O[C@H]1CC[C@@]2(COC=O)[C@@H](CC[C@H]3[C@@H]4CC[C@H](C(C)=CC(=O)O)[C@@]4(C)CC[C@@H]32)C1. The molecule has 8 atom stereocenters. The minimum atomic E-state index is -0.849. The van der Waals surface area contributed by atoms with Crippen molar-refractivity contribution in [2.75, 3.05) is 6.61 Å². The average molecular weight is 447 g/mol. The fourth-order valence-corrected chi connectivity index (χ4v) is 8.87. The summed E-state index contributed by atoms with van der Waals surface area (Å²) in [5.41, 5.74) is 1.13. The second-order valence-electron chi connectivity index (χ2n) is 11.2. The zero-order valence-corrected chi connectivity index (χ0v) is 19.7. The minimum Gasteiger partial charge on any atom is -0.478 e. The van der Waals surface area contributed by atoms with Crippen LogP contribution in [0.2, 0.25) is 0 Å². The first-order chi connectivity index (χ1) is 15.2. The predicted molar refractivity (Wildman–Crippen MR) is 119 cm³/mol. The molecule has 4 saturated carbocycles. The summed E-state index contributed by atoms with van der Waals surface area (Å²) in [7, 11) is 0. The van der Waals surface area contributed by atoms with Crippen molar-refractivity contribution >= 4 is 18.4 Å². The summed E-state index contributed by atoms with van der Waals surface area (Å²) >= 11 is 0. The van der Waals surface area contributed by atoms with Gasteiger partial charge in [0.15, 0.2) is 0 Å². The number of carbonyl (C=O) groups is 3. The van der Waals surface area contributed by atoms with Gasteiger partial charge in [-0.1, -0.05) is 12.5 Å². The van der Waals surface area contributed by atoms with Gasteiger partial charge in [-0.3, -0.25) is 9.59 Å². The third-order valence-electron chi connectivity index (χ3n) is 9.97. The number of rotatable bonds is 6. The van der Waals surface area contributed by atoms with Crippen molar-refractivity contribution in [2.24, 2.45) is 40.4 Å². The molecular formula is C26H38O6. The van der Waals surface area contributed by atoms with Crippen LogP contribution in [0.15, 0.2) is 11.6 Å². The number of carboxylic acid groups (broad SMARTS) is 1. The lowest BCUT2D eigenvalue weighted by Gasteiger charge is -2.61. The van der Waals surface area contributed by atoms with Gasteiger partial charge in [-0.15, -0.1) is 0 Å². The monoisotopic (exact) mass is 446 g/mol. The van der Waals surface area contributed by atoms with Crippen molar-refractivity contribution in [1.82, 2.24) is 0 Å². The van der Waals surface area contributed by atoms with Crippen LogP contribution in [-0.2, 0) is 23.9 Å². The third kappa shape index (κ3) is 3.88. The smallest absolute Gasteiger partial charge is 0.328 e. The van der Waals surface area contributed by atoms with E-state index in [2.05, 4.69) is 6.92 Å². The van der Waals surface area contributed by atoms with Crippen molar-refractivity contribution < 1.29 is 29.0 Å². The summed E-state index contributed by atoms with van der Waals surface area (Å²) in [4.78, 5) is 34.0. The number of aliphatic carboxylic acids is 1. The third-order valence-corrected chi connectivity index (χ3v) is 9.97. The van der Waals surface area contributed by atoms with E-state index in [-0.39, 0.29) is 22.9 Å². The van der Waals surface area contributed by atoms with Gasteiger partial charge >= 0.3 is 11.9 Å². The molecule has 0 spiro atoms. The van der Waals surface area contributed by atoms with Gasteiger partial charge in [0.2, 0.25) is 0 Å². The molecule has 0 saturated heterocycles. The first kappa shape index (κ1) is 23.3. The number of ether oxygens (including phenoxy) is 2. The summed E-state index contributed by atoms with van der Waals surface area (Å²) in [6.07, 6.45) is 10.7. The predicted octanol–water partition coefficient (Wildman–Crippen LogP) is 4.76. The van der Waals surface area contributed by atoms with Gasteiger partial charge in [-0.2, -0.15) is 0 Å². The molecular weight excluding hydrogens is 408 g/mol. The number of hydrogen-bond acceptors (Lipinski definition) is 5. The van der Waals surface area contributed by atoms with E-state index in [1.807, 2.05) is 6.92 Å². The number of allylic oxidation sites excluding steroid dienone is 1. The Bertz CT molecular complexity index is 789. The highest BCUT2D eigenvalue weighted by molar-refractivity contribution is 5.80. The van der Waals surface area contributed by atoms with Crippen LogP contribution < -0.4 is 0 Å². The Morgan fingerprint density at radius 1 is 1.03 bits per heavy atom. The van der Waals surface area contributed by atoms with E-state index in [0.29, 0.717) is 42.7 Å². The van der Waals surface area contributed by atoms with E-state index >= 15 is 0 Å². The van der Waals surface area contributed by atoms with Crippen molar-refractivity contribution in [3.05, 3.63) is 11.6 Å². The van der Waals surface area contributed by atoms with E-state index in [4.69, 9.17) is 9.47 Å². The zero-order valence-electron chi connectivity index (χ0n) is 19.7. The van der Waals surface area contributed by atoms with Crippen LogP contribution >= 0.6 is 0 Å². The molecule has 4 aliphatic rings. The highest BCUT2D eigenvalue weighted by Gasteiger charge is 2.62. The number of fused-ring (bicyclic) bond motifs is 5. The summed E-state index contributed by atoms with van der Waals surface area (Å²) in [5.74, 6) is 1.38. The summed E-state index contributed by atoms with van der Waals surface area (Å²) in [6.45, 7) is 6.92. The van der Waals surface area contributed by atoms with Crippen LogP contribution in [0, 0.1) is 40.4 Å². The number of esters is 1. The molecule has 178 valence electrons. The zero-order chi connectivity index (χ0) is 23.1. The molecule has 0 bridgehead atoms. The Hall–Kier alpha value is -1.85. The van der Waals surface area contributed by atoms with Gasteiger partial charge in [-0.05, 0) is 99.7 Å². The Morgan fingerprint density at radius 3 is 2.50 bits per heavy atom. The van der Waals surface area contributed by atoms with Gasteiger partial charge < -0.3 is 14.6 Å². The Labute approximate surface area is 191 Å². The van der Waals surface area contributed by atoms with Crippen molar-refractivity contribution in [3.8, 4) is 0 Å².